The Kier molecular flexibility index (Phi) is 3.54. The predicted molar refractivity (Wildman–Crippen MR) is 69.0 cm³/mol. The van der Waals surface area contributed by atoms with Crippen LogP contribution in [0.1, 0.15) is 40.5 Å². The van der Waals surface area contributed by atoms with Gasteiger partial charge in [0.25, 0.3) is 0 Å². The highest BCUT2D eigenvalue weighted by Gasteiger charge is 2.47. The van der Waals surface area contributed by atoms with Crippen LogP contribution in [0, 0.1) is 11.3 Å². The highest BCUT2D eigenvalue weighted by atomic mass is 16.5. The minimum atomic E-state index is -0.512. The van der Waals surface area contributed by atoms with Crippen molar-refractivity contribution in [2.75, 3.05) is 26.2 Å². The Bertz CT molecular complexity index is 260. The third-order valence-electron chi connectivity index (χ3n) is 4.20. The first kappa shape index (κ1) is 13.3. The van der Waals surface area contributed by atoms with Crippen molar-refractivity contribution in [3.8, 4) is 0 Å². The molecule has 2 rings (SSSR count). The molecule has 0 amide bonds. The van der Waals surface area contributed by atoms with Crippen LogP contribution in [0.3, 0.4) is 0 Å². The molecule has 0 aromatic heterocycles. The van der Waals surface area contributed by atoms with E-state index in [1.54, 1.807) is 0 Å². The molecule has 0 unspecified atom stereocenters. The molecule has 0 aromatic carbocycles. The van der Waals surface area contributed by atoms with Gasteiger partial charge in [-0.25, -0.2) is 0 Å². The molecule has 100 valence electrons. The summed E-state index contributed by atoms with van der Waals surface area (Å²) in [6, 6.07) is 0. The van der Waals surface area contributed by atoms with Gasteiger partial charge in [0.15, 0.2) is 0 Å². The highest BCUT2D eigenvalue weighted by molar-refractivity contribution is 5.00. The molecule has 0 atom stereocenters. The van der Waals surface area contributed by atoms with Crippen LogP contribution in [0.25, 0.3) is 0 Å². The molecule has 1 aliphatic heterocycles. The van der Waals surface area contributed by atoms with Gasteiger partial charge in [0.1, 0.15) is 0 Å². The lowest BCUT2D eigenvalue weighted by Gasteiger charge is -2.46. The van der Waals surface area contributed by atoms with E-state index in [-0.39, 0.29) is 0 Å². The molecule has 0 radical (unpaired) electrons. The maximum absolute atomic E-state index is 9.89. The van der Waals surface area contributed by atoms with Crippen molar-refractivity contribution >= 4 is 0 Å². The Morgan fingerprint density at radius 2 is 1.94 bits per heavy atom. The summed E-state index contributed by atoms with van der Waals surface area (Å²) in [6.45, 7) is 12.2. The Morgan fingerprint density at radius 1 is 1.35 bits per heavy atom. The number of ether oxygens (including phenoxy) is 1. The van der Waals surface area contributed by atoms with E-state index in [0.717, 1.165) is 26.2 Å². The molecule has 1 heterocycles. The van der Waals surface area contributed by atoms with Crippen molar-refractivity contribution in [2.45, 2.75) is 52.2 Å². The zero-order valence-corrected chi connectivity index (χ0v) is 11.7. The van der Waals surface area contributed by atoms with E-state index >= 15 is 0 Å². The van der Waals surface area contributed by atoms with E-state index in [4.69, 9.17) is 4.74 Å². The standard InChI is InChI=1S/C14H27NO2/c1-11(2)17-10-14(5-6-14)9-15-7-12(8-15)13(3,4)16/h11-12,16H,5-10H2,1-4H3. The average Bonchev–Trinajstić information content (AvgIpc) is 2.86. The lowest BCUT2D eigenvalue weighted by atomic mass is 9.84. The molecule has 0 spiro atoms. The normalized spacial score (nSPS) is 25.1. The fourth-order valence-corrected chi connectivity index (χ4v) is 2.49. The SMILES string of the molecule is CC(C)OCC1(CN2CC(C(C)(C)O)C2)CC1. The van der Waals surface area contributed by atoms with Crippen molar-refractivity contribution in [2.24, 2.45) is 11.3 Å². The monoisotopic (exact) mass is 241 g/mol. The molecule has 2 fully saturated rings. The van der Waals surface area contributed by atoms with Gasteiger partial charge < -0.3 is 14.7 Å². The van der Waals surface area contributed by atoms with Gasteiger partial charge in [-0.3, -0.25) is 0 Å². The van der Waals surface area contributed by atoms with Crippen molar-refractivity contribution in [3.63, 3.8) is 0 Å². The van der Waals surface area contributed by atoms with Gasteiger partial charge in [0, 0.05) is 31.0 Å². The largest absolute Gasteiger partial charge is 0.390 e. The van der Waals surface area contributed by atoms with E-state index in [9.17, 15) is 5.11 Å². The first-order valence-corrected chi connectivity index (χ1v) is 6.87. The van der Waals surface area contributed by atoms with Gasteiger partial charge in [-0.2, -0.15) is 0 Å². The topological polar surface area (TPSA) is 32.7 Å². The number of hydrogen-bond acceptors (Lipinski definition) is 3. The number of rotatable bonds is 6. The molecule has 2 aliphatic rings. The van der Waals surface area contributed by atoms with Gasteiger partial charge in [0.05, 0.1) is 18.3 Å². The van der Waals surface area contributed by atoms with Crippen LogP contribution in [0.4, 0.5) is 0 Å². The van der Waals surface area contributed by atoms with Crippen LogP contribution in [0.2, 0.25) is 0 Å². The smallest absolute Gasteiger partial charge is 0.0644 e. The van der Waals surface area contributed by atoms with Crippen LogP contribution in [-0.2, 0) is 4.74 Å². The van der Waals surface area contributed by atoms with Crippen LogP contribution < -0.4 is 0 Å². The van der Waals surface area contributed by atoms with Gasteiger partial charge in [0.2, 0.25) is 0 Å². The molecule has 17 heavy (non-hydrogen) atoms. The molecule has 0 bridgehead atoms. The summed E-state index contributed by atoms with van der Waals surface area (Å²) >= 11 is 0. The van der Waals surface area contributed by atoms with Crippen molar-refractivity contribution in [3.05, 3.63) is 0 Å². The number of nitrogens with zero attached hydrogens (tertiary/aromatic N) is 1. The second-order valence-electron chi connectivity index (χ2n) is 6.90. The summed E-state index contributed by atoms with van der Waals surface area (Å²) in [6.07, 6.45) is 2.96. The molecule has 3 nitrogen and oxygen atoms in total. The quantitative estimate of drug-likeness (QED) is 0.771. The minimum Gasteiger partial charge on any atom is -0.390 e. The molecule has 0 aromatic rings. The summed E-state index contributed by atoms with van der Waals surface area (Å²) in [5, 5.41) is 9.89. The fraction of sp³-hybridized carbons (Fsp3) is 1.00. The summed E-state index contributed by atoms with van der Waals surface area (Å²) in [4.78, 5) is 2.47. The van der Waals surface area contributed by atoms with Gasteiger partial charge in [-0.1, -0.05) is 0 Å². The zero-order valence-electron chi connectivity index (χ0n) is 11.7. The highest BCUT2D eigenvalue weighted by Crippen LogP contribution is 2.48. The zero-order chi connectivity index (χ0) is 12.7. The number of hydrogen-bond donors (Lipinski definition) is 1. The van der Waals surface area contributed by atoms with Crippen LogP contribution in [-0.4, -0.2) is 48.0 Å². The maximum Gasteiger partial charge on any atom is 0.0644 e. The third-order valence-corrected chi connectivity index (χ3v) is 4.20. The van der Waals surface area contributed by atoms with E-state index < -0.39 is 5.60 Å². The van der Waals surface area contributed by atoms with E-state index in [1.807, 2.05) is 13.8 Å². The molecule has 1 saturated carbocycles. The fourth-order valence-electron chi connectivity index (χ4n) is 2.49. The van der Waals surface area contributed by atoms with Crippen molar-refractivity contribution in [1.29, 1.82) is 0 Å². The average molecular weight is 241 g/mol. The predicted octanol–water partition coefficient (Wildman–Crippen LogP) is 1.89. The molecule has 1 saturated heterocycles. The summed E-state index contributed by atoms with van der Waals surface area (Å²) in [5.74, 6) is 0.448. The van der Waals surface area contributed by atoms with Gasteiger partial charge in [-0.05, 0) is 40.5 Å². The van der Waals surface area contributed by atoms with Crippen LogP contribution in [0.5, 0.6) is 0 Å². The molecular weight excluding hydrogens is 214 g/mol. The van der Waals surface area contributed by atoms with Gasteiger partial charge >= 0.3 is 0 Å². The first-order chi connectivity index (χ1) is 7.81. The van der Waals surface area contributed by atoms with Crippen molar-refractivity contribution in [1.82, 2.24) is 4.90 Å². The second kappa shape index (κ2) is 4.52. The summed E-state index contributed by atoms with van der Waals surface area (Å²) in [5.41, 5.74) is -0.0729. The van der Waals surface area contributed by atoms with Gasteiger partial charge in [-0.15, -0.1) is 0 Å². The number of aliphatic hydroxyl groups is 1. The molecular formula is C14H27NO2. The van der Waals surface area contributed by atoms with E-state index in [1.165, 1.54) is 12.8 Å². The van der Waals surface area contributed by atoms with Crippen LogP contribution >= 0.6 is 0 Å². The summed E-state index contributed by atoms with van der Waals surface area (Å²) in [7, 11) is 0. The first-order valence-electron chi connectivity index (χ1n) is 6.87. The Morgan fingerprint density at radius 3 is 2.35 bits per heavy atom. The summed E-state index contributed by atoms with van der Waals surface area (Å²) < 4.78 is 5.76. The molecule has 1 N–H and O–H groups in total. The van der Waals surface area contributed by atoms with E-state index in [0.29, 0.717) is 17.4 Å². The number of likely N-dealkylation sites (tertiary alicyclic amines) is 1. The Labute approximate surface area is 105 Å². The Hall–Kier alpha value is -0.120. The maximum atomic E-state index is 9.89. The lowest BCUT2D eigenvalue weighted by molar-refractivity contribution is -0.0734. The van der Waals surface area contributed by atoms with Crippen molar-refractivity contribution < 1.29 is 9.84 Å². The van der Waals surface area contributed by atoms with E-state index in [2.05, 4.69) is 18.7 Å². The second-order valence-corrected chi connectivity index (χ2v) is 6.90. The molecule has 3 heteroatoms. The van der Waals surface area contributed by atoms with Crippen LogP contribution in [0.15, 0.2) is 0 Å². The minimum absolute atomic E-state index is 0.341. The lowest BCUT2D eigenvalue weighted by Crippen LogP contribution is -2.57. The third kappa shape index (κ3) is 3.43. The Balaban J connectivity index is 1.70. The molecule has 1 aliphatic carbocycles.